The Morgan fingerprint density at radius 1 is 1.39 bits per heavy atom. The molecule has 1 rings (SSSR count). The number of carbonyl (C=O) groups excluding carboxylic acids is 1. The number of esters is 1. The van der Waals surface area contributed by atoms with Gasteiger partial charge in [0.25, 0.3) is 0 Å². The fraction of sp³-hybridized carbons (Fsp3) is 0.933. The zero-order valence-corrected chi connectivity index (χ0v) is 12.6. The minimum absolute atomic E-state index is 0.0667. The Labute approximate surface area is 112 Å². The Kier molecular flexibility index (Phi) is 5.20. The first kappa shape index (κ1) is 15.5. The molecule has 2 atom stereocenters. The third-order valence-corrected chi connectivity index (χ3v) is 4.34. The SMILES string of the molecule is CCOC(=O)CC1(NC)CCCCC1C(C)(C)C. The standard InChI is InChI=1S/C15H29NO2/c1-6-18-13(17)11-15(16-5)10-8-7-9-12(15)14(2,3)4/h12,16H,6-11H2,1-5H3. The minimum Gasteiger partial charge on any atom is -0.466 e. The fourth-order valence-corrected chi connectivity index (χ4v) is 3.57. The Balaban J connectivity index is 2.89. The van der Waals surface area contributed by atoms with Crippen molar-refractivity contribution in [3.8, 4) is 0 Å². The van der Waals surface area contributed by atoms with E-state index in [1.54, 1.807) is 0 Å². The van der Waals surface area contributed by atoms with Gasteiger partial charge in [-0.25, -0.2) is 0 Å². The summed E-state index contributed by atoms with van der Waals surface area (Å²) in [7, 11) is 1.99. The summed E-state index contributed by atoms with van der Waals surface area (Å²) in [6, 6.07) is 0. The molecule has 1 aliphatic rings. The molecule has 0 aromatic rings. The van der Waals surface area contributed by atoms with E-state index in [2.05, 4.69) is 26.1 Å². The number of hydrogen-bond donors (Lipinski definition) is 1. The van der Waals surface area contributed by atoms with Crippen molar-refractivity contribution in [3.63, 3.8) is 0 Å². The van der Waals surface area contributed by atoms with E-state index in [1.807, 2.05) is 14.0 Å². The number of ether oxygens (including phenoxy) is 1. The second-order valence-corrected chi connectivity index (χ2v) is 6.55. The van der Waals surface area contributed by atoms with E-state index in [0.717, 1.165) is 6.42 Å². The quantitative estimate of drug-likeness (QED) is 0.784. The van der Waals surface area contributed by atoms with Gasteiger partial charge < -0.3 is 10.1 Å². The summed E-state index contributed by atoms with van der Waals surface area (Å²) in [5.41, 5.74) is 0.138. The lowest BCUT2D eigenvalue weighted by molar-refractivity contribution is -0.146. The Morgan fingerprint density at radius 3 is 2.56 bits per heavy atom. The monoisotopic (exact) mass is 255 g/mol. The first-order valence-electron chi connectivity index (χ1n) is 7.20. The molecule has 106 valence electrons. The van der Waals surface area contributed by atoms with E-state index in [0.29, 0.717) is 18.9 Å². The van der Waals surface area contributed by atoms with E-state index >= 15 is 0 Å². The predicted octanol–water partition coefficient (Wildman–Crippen LogP) is 3.13. The second-order valence-electron chi connectivity index (χ2n) is 6.55. The second kappa shape index (κ2) is 6.05. The van der Waals surface area contributed by atoms with Gasteiger partial charge in [-0.1, -0.05) is 33.6 Å². The van der Waals surface area contributed by atoms with E-state index in [4.69, 9.17) is 4.74 Å². The van der Waals surface area contributed by atoms with E-state index in [9.17, 15) is 4.79 Å². The normalized spacial score (nSPS) is 29.1. The lowest BCUT2D eigenvalue weighted by Gasteiger charge is -2.49. The molecule has 1 fully saturated rings. The predicted molar refractivity (Wildman–Crippen MR) is 74.5 cm³/mol. The van der Waals surface area contributed by atoms with Gasteiger partial charge in [-0.2, -0.15) is 0 Å². The molecule has 18 heavy (non-hydrogen) atoms. The van der Waals surface area contributed by atoms with Gasteiger partial charge in [-0.05, 0) is 38.1 Å². The third-order valence-electron chi connectivity index (χ3n) is 4.34. The van der Waals surface area contributed by atoms with Gasteiger partial charge in [0.2, 0.25) is 0 Å². The maximum atomic E-state index is 11.9. The van der Waals surface area contributed by atoms with Crippen LogP contribution in [0.2, 0.25) is 0 Å². The van der Waals surface area contributed by atoms with Crippen LogP contribution in [-0.2, 0) is 9.53 Å². The lowest BCUT2D eigenvalue weighted by Crippen LogP contribution is -2.56. The molecule has 0 bridgehead atoms. The number of carbonyl (C=O) groups is 1. The van der Waals surface area contributed by atoms with Gasteiger partial charge in [0.1, 0.15) is 0 Å². The Morgan fingerprint density at radius 2 is 2.06 bits per heavy atom. The maximum Gasteiger partial charge on any atom is 0.307 e. The molecule has 2 unspecified atom stereocenters. The molecule has 0 heterocycles. The van der Waals surface area contributed by atoms with Crippen molar-refractivity contribution < 1.29 is 9.53 Å². The Bertz CT molecular complexity index is 283. The molecule has 0 radical (unpaired) electrons. The van der Waals surface area contributed by atoms with Crippen LogP contribution in [0.5, 0.6) is 0 Å². The van der Waals surface area contributed by atoms with Gasteiger partial charge in [-0.15, -0.1) is 0 Å². The zero-order valence-electron chi connectivity index (χ0n) is 12.6. The molecular formula is C15H29NO2. The summed E-state index contributed by atoms with van der Waals surface area (Å²) in [6.45, 7) is 9.17. The first-order valence-corrected chi connectivity index (χ1v) is 7.20. The van der Waals surface area contributed by atoms with Gasteiger partial charge in [0.15, 0.2) is 0 Å². The first-order chi connectivity index (χ1) is 8.35. The van der Waals surface area contributed by atoms with Crippen molar-refractivity contribution in [2.75, 3.05) is 13.7 Å². The van der Waals surface area contributed by atoms with Crippen LogP contribution in [0.4, 0.5) is 0 Å². The van der Waals surface area contributed by atoms with Crippen LogP contribution >= 0.6 is 0 Å². The highest BCUT2D eigenvalue weighted by atomic mass is 16.5. The minimum atomic E-state index is -0.0806. The van der Waals surface area contributed by atoms with Crippen LogP contribution in [0, 0.1) is 11.3 Å². The zero-order chi connectivity index (χ0) is 13.8. The average molecular weight is 255 g/mol. The smallest absolute Gasteiger partial charge is 0.307 e. The van der Waals surface area contributed by atoms with Crippen molar-refractivity contribution >= 4 is 5.97 Å². The largest absolute Gasteiger partial charge is 0.466 e. The highest BCUT2D eigenvalue weighted by Gasteiger charge is 2.46. The van der Waals surface area contributed by atoms with E-state index in [1.165, 1.54) is 19.3 Å². The van der Waals surface area contributed by atoms with Crippen molar-refractivity contribution in [2.45, 2.75) is 65.3 Å². The van der Waals surface area contributed by atoms with Crippen molar-refractivity contribution in [1.82, 2.24) is 5.32 Å². The molecule has 3 heteroatoms. The van der Waals surface area contributed by atoms with Crippen LogP contribution in [0.1, 0.15) is 59.8 Å². The number of rotatable bonds is 4. The molecule has 3 nitrogen and oxygen atoms in total. The summed E-state index contributed by atoms with van der Waals surface area (Å²) in [5.74, 6) is 0.455. The van der Waals surface area contributed by atoms with Crippen molar-refractivity contribution in [2.24, 2.45) is 11.3 Å². The number of hydrogen-bond acceptors (Lipinski definition) is 3. The summed E-state index contributed by atoms with van der Waals surface area (Å²) >= 11 is 0. The highest BCUT2D eigenvalue weighted by Crippen LogP contribution is 2.45. The highest BCUT2D eigenvalue weighted by molar-refractivity contribution is 5.71. The molecule has 0 spiro atoms. The van der Waals surface area contributed by atoms with Gasteiger partial charge >= 0.3 is 5.97 Å². The van der Waals surface area contributed by atoms with Crippen LogP contribution in [-0.4, -0.2) is 25.2 Å². The summed E-state index contributed by atoms with van der Waals surface area (Å²) in [5, 5.41) is 3.46. The molecule has 0 aromatic heterocycles. The van der Waals surface area contributed by atoms with Gasteiger partial charge in [0, 0.05) is 5.54 Å². The van der Waals surface area contributed by atoms with Gasteiger partial charge in [0.05, 0.1) is 13.0 Å². The average Bonchev–Trinajstić information content (AvgIpc) is 2.28. The van der Waals surface area contributed by atoms with Crippen LogP contribution in [0.15, 0.2) is 0 Å². The molecule has 1 N–H and O–H groups in total. The Hall–Kier alpha value is -0.570. The van der Waals surface area contributed by atoms with Crippen LogP contribution < -0.4 is 5.32 Å². The summed E-state index contributed by atoms with van der Waals surface area (Å²) < 4.78 is 5.15. The van der Waals surface area contributed by atoms with Crippen LogP contribution in [0.25, 0.3) is 0 Å². The van der Waals surface area contributed by atoms with Crippen LogP contribution in [0.3, 0.4) is 0 Å². The molecular weight excluding hydrogens is 226 g/mol. The molecule has 0 aromatic carbocycles. The number of nitrogens with one attached hydrogen (secondary N) is 1. The van der Waals surface area contributed by atoms with E-state index in [-0.39, 0.29) is 16.9 Å². The third kappa shape index (κ3) is 3.47. The summed E-state index contributed by atoms with van der Waals surface area (Å²) in [6.07, 6.45) is 5.24. The molecule has 1 aliphatic carbocycles. The maximum absolute atomic E-state index is 11.9. The fourth-order valence-electron chi connectivity index (χ4n) is 3.57. The molecule has 0 amide bonds. The van der Waals surface area contributed by atoms with Crippen molar-refractivity contribution in [3.05, 3.63) is 0 Å². The summed E-state index contributed by atoms with van der Waals surface area (Å²) in [4.78, 5) is 11.9. The van der Waals surface area contributed by atoms with E-state index < -0.39 is 0 Å². The molecule has 1 saturated carbocycles. The van der Waals surface area contributed by atoms with Crippen molar-refractivity contribution in [1.29, 1.82) is 0 Å². The lowest BCUT2D eigenvalue weighted by atomic mass is 9.61. The van der Waals surface area contributed by atoms with Gasteiger partial charge in [-0.3, -0.25) is 4.79 Å². The molecule has 0 aliphatic heterocycles. The topological polar surface area (TPSA) is 38.3 Å². The molecule has 0 saturated heterocycles.